The molecule has 2 aromatic rings. The van der Waals surface area contributed by atoms with Crippen LogP contribution in [0.5, 0.6) is 5.75 Å². The van der Waals surface area contributed by atoms with Crippen LogP contribution >= 0.6 is 0 Å². The highest BCUT2D eigenvalue weighted by molar-refractivity contribution is 6.05. The molecule has 20 heavy (non-hydrogen) atoms. The molecule has 0 radical (unpaired) electrons. The number of amides is 1. The number of carbonyl (C=O) groups excluding carboxylic acids is 1. The van der Waals surface area contributed by atoms with Crippen molar-refractivity contribution >= 4 is 11.6 Å². The molecule has 4 nitrogen and oxygen atoms in total. The first-order valence-corrected chi connectivity index (χ1v) is 5.48. The van der Waals surface area contributed by atoms with Gasteiger partial charge in [0.15, 0.2) is 5.82 Å². The predicted molar refractivity (Wildman–Crippen MR) is 65.1 cm³/mol. The summed E-state index contributed by atoms with van der Waals surface area (Å²) in [5.41, 5.74) is -0.376. The van der Waals surface area contributed by atoms with Crippen molar-refractivity contribution < 1.29 is 22.7 Å². The molecule has 1 aromatic carbocycles. The van der Waals surface area contributed by atoms with E-state index in [9.17, 15) is 18.0 Å². The van der Waals surface area contributed by atoms with Crippen molar-refractivity contribution in [3.05, 3.63) is 53.6 Å². The lowest BCUT2D eigenvalue weighted by atomic mass is 10.2. The lowest BCUT2D eigenvalue weighted by molar-refractivity contribution is 0.102. The fraction of sp³-hybridized carbons (Fsp3) is 0.0769. The minimum Gasteiger partial charge on any atom is -0.494 e. The first kappa shape index (κ1) is 13.9. The summed E-state index contributed by atoms with van der Waals surface area (Å²) in [7, 11) is 1.29. The molecule has 1 N–H and O–H groups in total. The minimum absolute atomic E-state index is 0.0632. The number of methoxy groups -OCH3 is 1. The van der Waals surface area contributed by atoms with Crippen molar-refractivity contribution in [3.63, 3.8) is 0 Å². The van der Waals surface area contributed by atoms with Gasteiger partial charge in [0.2, 0.25) is 5.95 Å². The van der Waals surface area contributed by atoms with E-state index in [1.165, 1.54) is 13.2 Å². The first-order chi connectivity index (χ1) is 9.52. The zero-order valence-corrected chi connectivity index (χ0v) is 10.3. The number of rotatable bonds is 3. The lowest BCUT2D eigenvalue weighted by Crippen LogP contribution is -2.15. The normalized spacial score (nSPS) is 10.2. The number of carbonyl (C=O) groups is 1. The Morgan fingerprint density at radius 3 is 2.70 bits per heavy atom. The molecule has 0 saturated heterocycles. The van der Waals surface area contributed by atoms with Crippen LogP contribution in [0.3, 0.4) is 0 Å². The number of hydrogen-bond donors (Lipinski definition) is 1. The summed E-state index contributed by atoms with van der Waals surface area (Å²) in [6, 6.07) is 4.44. The Morgan fingerprint density at radius 2 is 2.00 bits per heavy atom. The number of ether oxygens (including phenoxy) is 1. The van der Waals surface area contributed by atoms with Crippen LogP contribution in [-0.4, -0.2) is 18.0 Å². The summed E-state index contributed by atoms with van der Waals surface area (Å²) in [6.45, 7) is 0. The van der Waals surface area contributed by atoms with Gasteiger partial charge in [0, 0.05) is 12.3 Å². The summed E-state index contributed by atoms with van der Waals surface area (Å²) < 4.78 is 44.2. The second-order valence-corrected chi connectivity index (χ2v) is 3.76. The van der Waals surface area contributed by atoms with Crippen molar-refractivity contribution in [2.24, 2.45) is 0 Å². The third-order valence-corrected chi connectivity index (χ3v) is 2.50. The topological polar surface area (TPSA) is 51.2 Å². The molecule has 1 heterocycles. The molecule has 0 unspecified atom stereocenters. The van der Waals surface area contributed by atoms with E-state index in [0.717, 1.165) is 24.4 Å². The smallest absolute Gasteiger partial charge is 0.258 e. The lowest BCUT2D eigenvalue weighted by Gasteiger charge is -2.10. The number of nitrogens with one attached hydrogen (secondary N) is 1. The SMILES string of the molecule is COc1cc(F)ccc1NC(=O)c1ccnc(F)c1F. The van der Waals surface area contributed by atoms with Crippen molar-refractivity contribution in [2.45, 2.75) is 0 Å². The molecular weight excluding hydrogens is 273 g/mol. The van der Waals surface area contributed by atoms with E-state index < -0.39 is 29.1 Å². The number of pyridine rings is 1. The highest BCUT2D eigenvalue weighted by atomic mass is 19.2. The first-order valence-electron chi connectivity index (χ1n) is 5.48. The zero-order chi connectivity index (χ0) is 14.7. The number of halogens is 3. The van der Waals surface area contributed by atoms with Crippen LogP contribution in [0.15, 0.2) is 30.5 Å². The molecule has 0 spiro atoms. The quantitative estimate of drug-likeness (QED) is 0.881. The Labute approximate surface area is 112 Å². The average molecular weight is 282 g/mol. The largest absolute Gasteiger partial charge is 0.494 e. The van der Waals surface area contributed by atoms with Gasteiger partial charge in [0.1, 0.15) is 11.6 Å². The van der Waals surface area contributed by atoms with Gasteiger partial charge in [-0.05, 0) is 18.2 Å². The van der Waals surface area contributed by atoms with Gasteiger partial charge in [-0.15, -0.1) is 0 Å². The molecule has 0 saturated carbocycles. The molecular formula is C13H9F3N2O2. The van der Waals surface area contributed by atoms with E-state index in [1.807, 2.05) is 0 Å². The monoisotopic (exact) mass is 282 g/mol. The molecule has 0 fully saturated rings. The van der Waals surface area contributed by atoms with E-state index >= 15 is 0 Å². The molecule has 7 heteroatoms. The average Bonchev–Trinajstić information content (AvgIpc) is 2.43. The van der Waals surface area contributed by atoms with Crippen LogP contribution < -0.4 is 10.1 Å². The van der Waals surface area contributed by atoms with Gasteiger partial charge < -0.3 is 10.1 Å². The Balaban J connectivity index is 2.30. The maximum atomic E-state index is 13.4. The summed E-state index contributed by atoms with van der Waals surface area (Å²) in [6.07, 6.45) is 0.967. The summed E-state index contributed by atoms with van der Waals surface area (Å²) in [4.78, 5) is 14.9. The molecule has 0 aliphatic heterocycles. The Morgan fingerprint density at radius 1 is 1.25 bits per heavy atom. The van der Waals surface area contributed by atoms with Crippen LogP contribution in [0.4, 0.5) is 18.9 Å². The molecule has 0 aliphatic carbocycles. The number of benzene rings is 1. The van der Waals surface area contributed by atoms with E-state index in [1.54, 1.807) is 0 Å². The van der Waals surface area contributed by atoms with E-state index in [-0.39, 0.29) is 11.4 Å². The van der Waals surface area contributed by atoms with E-state index in [0.29, 0.717) is 0 Å². The summed E-state index contributed by atoms with van der Waals surface area (Å²) in [5, 5.41) is 2.31. The number of anilines is 1. The van der Waals surface area contributed by atoms with Crippen LogP contribution in [0.2, 0.25) is 0 Å². The Hall–Kier alpha value is -2.57. The van der Waals surface area contributed by atoms with Crippen LogP contribution in [0.1, 0.15) is 10.4 Å². The zero-order valence-electron chi connectivity index (χ0n) is 10.3. The molecule has 1 aromatic heterocycles. The van der Waals surface area contributed by atoms with Gasteiger partial charge in [-0.1, -0.05) is 0 Å². The van der Waals surface area contributed by atoms with Gasteiger partial charge in [-0.3, -0.25) is 4.79 Å². The molecule has 1 amide bonds. The van der Waals surface area contributed by atoms with Crippen molar-refractivity contribution in [1.82, 2.24) is 4.98 Å². The third-order valence-electron chi connectivity index (χ3n) is 2.50. The van der Waals surface area contributed by atoms with Crippen LogP contribution in [-0.2, 0) is 0 Å². The highest BCUT2D eigenvalue weighted by Gasteiger charge is 2.17. The standard InChI is InChI=1S/C13H9F3N2O2/c1-20-10-6-7(14)2-3-9(10)18-13(19)8-4-5-17-12(16)11(8)15/h2-6H,1H3,(H,18,19). The van der Waals surface area contributed by atoms with Crippen molar-refractivity contribution in [3.8, 4) is 5.75 Å². The predicted octanol–water partition coefficient (Wildman–Crippen LogP) is 2.76. The van der Waals surface area contributed by atoms with Gasteiger partial charge in [-0.2, -0.15) is 4.39 Å². The summed E-state index contributed by atoms with van der Waals surface area (Å²) in [5.74, 6) is -4.11. The van der Waals surface area contributed by atoms with Gasteiger partial charge >= 0.3 is 0 Å². The number of nitrogens with zero attached hydrogens (tertiary/aromatic N) is 1. The second-order valence-electron chi connectivity index (χ2n) is 3.76. The van der Waals surface area contributed by atoms with Crippen molar-refractivity contribution in [2.75, 3.05) is 12.4 Å². The third kappa shape index (κ3) is 2.71. The second kappa shape index (κ2) is 5.60. The fourth-order valence-electron chi connectivity index (χ4n) is 1.55. The molecule has 2 rings (SSSR count). The molecule has 0 aliphatic rings. The van der Waals surface area contributed by atoms with Crippen LogP contribution in [0, 0.1) is 17.6 Å². The number of hydrogen-bond acceptors (Lipinski definition) is 3. The summed E-state index contributed by atoms with van der Waals surface area (Å²) >= 11 is 0. The fourth-order valence-corrected chi connectivity index (χ4v) is 1.55. The Kier molecular flexibility index (Phi) is 3.88. The van der Waals surface area contributed by atoms with Crippen molar-refractivity contribution in [1.29, 1.82) is 0 Å². The minimum atomic E-state index is -1.37. The van der Waals surface area contributed by atoms with Gasteiger partial charge in [-0.25, -0.2) is 13.8 Å². The van der Waals surface area contributed by atoms with E-state index in [2.05, 4.69) is 10.3 Å². The van der Waals surface area contributed by atoms with Gasteiger partial charge in [0.25, 0.3) is 5.91 Å². The molecule has 0 atom stereocenters. The van der Waals surface area contributed by atoms with E-state index in [4.69, 9.17) is 4.74 Å². The number of aromatic nitrogens is 1. The molecule has 104 valence electrons. The highest BCUT2D eigenvalue weighted by Crippen LogP contribution is 2.25. The van der Waals surface area contributed by atoms with Crippen LogP contribution in [0.25, 0.3) is 0 Å². The Bertz CT molecular complexity index is 662. The maximum absolute atomic E-state index is 13.4. The molecule has 0 bridgehead atoms. The maximum Gasteiger partial charge on any atom is 0.258 e. The van der Waals surface area contributed by atoms with Gasteiger partial charge in [0.05, 0.1) is 18.4 Å².